The Morgan fingerprint density at radius 2 is 1.84 bits per heavy atom. The number of hydrogen-bond acceptors (Lipinski definition) is 4. The Balaban J connectivity index is 2.01. The zero-order valence-corrected chi connectivity index (χ0v) is 15.1. The molecule has 0 saturated heterocycles. The van der Waals surface area contributed by atoms with Crippen molar-refractivity contribution in [2.45, 2.75) is 6.92 Å². The van der Waals surface area contributed by atoms with Crippen molar-refractivity contribution in [2.24, 2.45) is 0 Å². The van der Waals surface area contributed by atoms with Crippen molar-refractivity contribution in [3.8, 4) is 11.5 Å². The molecular formula is C17H16BrFN2O4. The number of ether oxygens (including phenoxy) is 2. The van der Waals surface area contributed by atoms with Crippen molar-refractivity contribution in [1.82, 2.24) is 0 Å². The summed E-state index contributed by atoms with van der Waals surface area (Å²) < 4.78 is 24.5. The minimum atomic E-state index is -0.570. The van der Waals surface area contributed by atoms with Crippen LogP contribution >= 0.6 is 15.9 Å². The highest BCUT2D eigenvalue weighted by Crippen LogP contribution is 2.28. The maximum atomic E-state index is 13.6. The fourth-order valence-corrected chi connectivity index (χ4v) is 2.34. The first-order valence-electron chi connectivity index (χ1n) is 7.22. The molecule has 6 nitrogen and oxygen atoms in total. The van der Waals surface area contributed by atoms with Gasteiger partial charge in [0.25, 0.3) is 5.91 Å². The lowest BCUT2D eigenvalue weighted by Crippen LogP contribution is -2.20. The van der Waals surface area contributed by atoms with E-state index in [1.165, 1.54) is 26.2 Å². The van der Waals surface area contributed by atoms with Crippen molar-refractivity contribution < 1.29 is 23.5 Å². The summed E-state index contributed by atoms with van der Waals surface area (Å²) in [6.07, 6.45) is 0. The highest BCUT2D eigenvalue weighted by Gasteiger charge is 2.10. The Labute approximate surface area is 152 Å². The van der Waals surface area contributed by atoms with E-state index >= 15 is 0 Å². The van der Waals surface area contributed by atoms with Gasteiger partial charge in [0, 0.05) is 17.1 Å². The molecule has 0 fully saturated rings. The number of methoxy groups -OCH3 is 1. The molecule has 0 aliphatic carbocycles. The summed E-state index contributed by atoms with van der Waals surface area (Å²) >= 11 is 3.14. The molecule has 0 unspecified atom stereocenters. The van der Waals surface area contributed by atoms with Crippen LogP contribution in [0.4, 0.5) is 15.8 Å². The van der Waals surface area contributed by atoms with E-state index < -0.39 is 11.7 Å². The van der Waals surface area contributed by atoms with Crippen LogP contribution in [0.1, 0.15) is 6.92 Å². The number of amides is 2. The fraction of sp³-hybridized carbons (Fsp3) is 0.176. The van der Waals surface area contributed by atoms with Gasteiger partial charge in [0.15, 0.2) is 18.2 Å². The van der Waals surface area contributed by atoms with E-state index in [1.807, 2.05) is 0 Å². The van der Waals surface area contributed by atoms with Gasteiger partial charge in [-0.1, -0.05) is 15.9 Å². The molecule has 0 aliphatic heterocycles. The number of nitrogens with one attached hydrogen (secondary N) is 2. The molecule has 0 saturated carbocycles. The van der Waals surface area contributed by atoms with Crippen molar-refractivity contribution in [3.05, 3.63) is 46.7 Å². The predicted molar refractivity (Wildman–Crippen MR) is 95.5 cm³/mol. The molecule has 2 aromatic carbocycles. The topological polar surface area (TPSA) is 76.7 Å². The maximum Gasteiger partial charge on any atom is 0.262 e. The zero-order valence-electron chi connectivity index (χ0n) is 13.6. The molecular weight excluding hydrogens is 395 g/mol. The Bertz CT molecular complexity index is 798. The number of anilines is 2. The highest BCUT2D eigenvalue weighted by molar-refractivity contribution is 9.10. The van der Waals surface area contributed by atoms with Crippen molar-refractivity contribution in [3.63, 3.8) is 0 Å². The van der Waals surface area contributed by atoms with Crippen LogP contribution in [-0.2, 0) is 9.59 Å². The second-order valence-corrected chi connectivity index (χ2v) is 5.92. The summed E-state index contributed by atoms with van der Waals surface area (Å²) in [5.74, 6) is -0.870. The summed E-state index contributed by atoms with van der Waals surface area (Å²) in [6, 6.07) is 9.06. The summed E-state index contributed by atoms with van der Waals surface area (Å²) in [5, 5.41) is 5.21. The summed E-state index contributed by atoms with van der Waals surface area (Å²) in [4.78, 5) is 23.2. The lowest BCUT2D eigenvalue weighted by atomic mass is 10.2. The summed E-state index contributed by atoms with van der Waals surface area (Å²) in [5.41, 5.74) is 0.863. The van der Waals surface area contributed by atoms with Crippen LogP contribution in [0.5, 0.6) is 11.5 Å². The normalized spacial score (nSPS) is 10.1. The van der Waals surface area contributed by atoms with E-state index in [2.05, 4.69) is 26.6 Å². The molecule has 8 heteroatoms. The van der Waals surface area contributed by atoms with Crippen LogP contribution in [0, 0.1) is 5.82 Å². The van der Waals surface area contributed by atoms with Crippen LogP contribution < -0.4 is 20.1 Å². The monoisotopic (exact) mass is 410 g/mol. The lowest BCUT2D eigenvalue weighted by molar-refractivity contribution is -0.118. The summed E-state index contributed by atoms with van der Waals surface area (Å²) in [6.45, 7) is 1.01. The third-order valence-corrected chi connectivity index (χ3v) is 3.54. The van der Waals surface area contributed by atoms with Gasteiger partial charge < -0.3 is 20.1 Å². The van der Waals surface area contributed by atoms with Gasteiger partial charge in [0.05, 0.1) is 12.8 Å². The quantitative estimate of drug-likeness (QED) is 0.762. The van der Waals surface area contributed by atoms with Crippen LogP contribution in [0.2, 0.25) is 0 Å². The fourth-order valence-electron chi connectivity index (χ4n) is 2.01. The molecule has 132 valence electrons. The van der Waals surface area contributed by atoms with Gasteiger partial charge in [-0.2, -0.15) is 0 Å². The molecule has 2 amide bonds. The van der Waals surface area contributed by atoms with Crippen molar-refractivity contribution in [1.29, 1.82) is 0 Å². The minimum Gasteiger partial charge on any atom is -0.495 e. The highest BCUT2D eigenvalue weighted by atomic mass is 79.9. The average Bonchev–Trinajstić information content (AvgIpc) is 2.54. The first-order chi connectivity index (χ1) is 11.9. The molecule has 0 spiro atoms. The van der Waals surface area contributed by atoms with Crippen LogP contribution in [0.15, 0.2) is 40.9 Å². The molecule has 25 heavy (non-hydrogen) atoms. The molecule has 0 heterocycles. The van der Waals surface area contributed by atoms with Gasteiger partial charge in [-0.15, -0.1) is 0 Å². The molecule has 0 atom stereocenters. The van der Waals surface area contributed by atoms with E-state index in [1.54, 1.807) is 24.3 Å². The Morgan fingerprint density at radius 1 is 1.12 bits per heavy atom. The third-order valence-electron chi connectivity index (χ3n) is 3.05. The second kappa shape index (κ2) is 8.48. The van der Waals surface area contributed by atoms with Gasteiger partial charge in [0.1, 0.15) is 5.75 Å². The number of hydrogen-bond donors (Lipinski definition) is 2. The van der Waals surface area contributed by atoms with E-state index in [4.69, 9.17) is 9.47 Å². The molecule has 0 aromatic heterocycles. The first kappa shape index (κ1) is 18.7. The van der Waals surface area contributed by atoms with Gasteiger partial charge in [-0.25, -0.2) is 4.39 Å². The maximum absolute atomic E-state index is 13.6. The first-order valence-corrected chi connectivity index (χ1v) is 8.01. The molecule has 2 N–H and O–H groups in total. The van der Waals surface area contributed by atoms with Crippen molar-refractivity contribution >= 4 is 39.1 Å². The van der Waals surface area contributed by atoms with Crippen LogP contribution in [0.3, 0.4) is 0 Å². The number of carbonyl (C=O) groups is 2. The van der Waals surface area contributed by atoms with Gasteiger partial charge in [-0.05, 0) is 36.4 Å². The van der Waals surface area contributed by atoms with Gasteiger partial charge >= 0.3 is 0 Å². The predicted octanol–water partition coefficient (Wildman–Crippen LogP) is 3.57. The number of rotatable bonds is 6. The number of halogens is 2. The standard InChI is InChI=1S/C17H16BrFN2O4/c1-10(22)20-14-8-12(4-6-16(14)24-2)21-17(23)9-25-15-5-3-11(18)7-13(15)19/h3-8H,9H2,1-2H3,(H,20,22)(H,21,23). The zero-order chi connectivity index (χ0) is 18.4. The van der Waals surface area contributed by atoms with Gasteiger partial charge in [-0.3, -0.25) is 9.59 Å². The molecule has 2 aromatic rings. The van der Waals surface area contributed by atoms with E-state index in [0.29, 0.717) is 21.6 Å². The van der Waals surface area contributed by atoms with E-state index in [9.17, 15) is 14.0 Å². The summed E-state index contributed by atoms with van der Waals surface area (Å²) in [7, 11) is 1.47. The molecule has 0 bridgehead atoms. The van der Waals surface area contributed by atoms with Crippen molar-refractivity contribution in [2.75, 3.05) is 24.4 Å². The van der Waals surface area contributed by atoms with Crippen LogP contribution in [-0.4, -0.2) is 25.5 Å². The average molecular weight is 411 g/mol. The minimum absolute atomic E-state index is 0.0213. The Hall–Kier alpha value is -2.61. The SMILES string of the molecule is COc1ccc(NC(=O)COc2ccc(Br)cc2F)cc1NC(C)=O. The molecule has 2 rings (SSSR count). The molecule has 0 radical (unpaired) electrons. The largest absolute Gasteiger partial charge is 0.495 e. The number of carbonyl (C=O) groups excluding carboxylic acids is 2. The second-order valence-electron chi connectivity index (χ2n) is 5.01. The smallest absolute Gasteiger partial charge is 0.262 e. The van der Waals surface area contributed by atoms with E-state index in [0.717, 1.165) is 0 Å². The number of benzene rings is 2. The van der Waals surface area contributed by atoms with Crippen LogP contribution in [0.25, 0.3) is 0 Å². The lowest BCUT2D eigenvalue weighted by Gasteiger charge is -2.12. The van der Waals surface area contributed by atoms with Gasteiger partial charge in [0.2, 0.25) is 5.91 Å². The molecule has 0 aliphatic rings. The Morgan fingerprint density at radius 3 is 2.48 bits per heavy atom. The van der Waals surface area contributed by atoms with E-state index in [-0.39, 0.29) is 18.3 Å². The third kappa shape index (κ3) is 5.46. The Kier molecular flexibility index (Phi) is 6.35.